The van der Waals surface area contributed by atoms with E-state index in [1.165, 1.54) is 6.07 Å². The number of hydrogen-bond acceptors (Lipinski definition) is 3. The van der Waals surface area contributed by atoms with Gasteiger partial charge in [0.05, 0.1) is 0 Å². The van der Waals surface area contributed by atoms with Crippen molar-refractivity contribution in [2.24, 2.45) is 5.73 Å². The summed E-state index contributed by atoms with van der Waals surface area (Å²) in [5.74, 6) is -0.367. The van der Waals surface area contributed by atoms with Crippen molar-refractivity contribution in [2.45, 2.75) is 13.0 Å². The predicted octanol–water partition coefficient (Wildman–Crippen LogP) is 1.03. The van der Waals surface area contributed by atoms with Crippen LogP contribution in [0.3, 0.4) is 0 Å². The van der Waals surface area contributed by atoms with Crippen LogP contribution >= 0.6 is 12.2 Å². The van der Waals surface area contributed by atoms with Crippen LogP contribution < -0.4 is 11.1 Å². The van der Waals surface area contributed by atoms with Gasteiger partial charge in [0.25, 0.3) is 0 Å². The van der Waals surface area contributed by atoms with Crippen molar-refractivity contribution in [1.29, 1.82) is 0 Å². The summed E-state index contributed by atoms with van der Waals surface area (Å²) in [7, 11) is 3.43. The number of hydrogen-bond donors (Lipinski definition) is 2. The van der Waals surface area contributed by atoms with E-state index in [1.807, 2.05) is 11.9 Å². The second-order valence-electron chi connectivity index (χ2n) is 4.33. The Hall–Kier alpha value is -1.53. The first-order valence-electron chi connectivity index (χ1n) is 5.91. The monoisotopic (exact) mass is 283 g/mol. The van der Waals surface area contributed by atoms with Crippen molar-refractivity contribution in [2.75, 3.05) is 20.6 Å². The predicted molar refractivity (Wildman–Crippen MR) is 77.3 cm³/mol. The summed E-state index contributed by atoms with van der Waals surface area (Å²) in [5.41, 5.74) is 6.51. The second kappa shape index (κ2) is 7.16. The van der Waals surface area contributed by atoms with Gasteiger partial charge in [0.1, 0.15) is 10.8 Å². The standard InChI is InChI=1S/C13H18FN3OS/c1-16-12(18)5-6-17(2)8-10-4-3-9(13(15)19)7-11(10)14/h3-4,7H,5-6,8H2,1-2H3,(H2,15,19)(H,16,18). The number of carbonyl (C=O) groups is 1. The molecule has 6 heteroatoms. The average Bonchev–Trinajstić information content (AvgIpc) is 2.38. The second-order valence-corrected chi connectivity index (χ2v) is 4.77. The third-order valence-electron chi connectivity index (χ3n) is 2.78. The van der Waals surface area contributed by atoms with Gasteiger partial charge in [0.15, 0.2) is 0 Å². The van der Waals surface area contributed by atoms with Gasteiger partial charge in [0.2, 0.25) is 5.91 Å². The van der Waals surface area contributed by atoms with Crippen molar-refractivity contribution >= 4 is 23.1 Å². The lowest BCUT2D eigenvalue weighted by atomic mass is 10.1. The summed E-state index contributed by atoms with van der Waals surface area (Å²) in [4.78, 5) is 13.2. The van der Waals surface area contributed by atoms with Gasteiger partial charge in [-0.05, 0) is 13.1 Å². The SMILES string of the molecule is CNC(=O)CCN(C)Cc1ccc(C(N)=S)cc1F. The molecule has 0 heterocycles. The zero-order valence-electron chi connectivity index (χ0n) is 11.1. The molecule has 0 aliphatic carbocycles. The third-order valence-corrected chi connectivity index (χ3v) is 3.01. The Morgan fingerprint density at radius 3 is 2.74 bits per heavy atom. The molecule has 0 aliphatic heterocycles. The minimum Gasteiger partial charge on any atom is -0.389 e. The lowest BCUT2D eigenvalue weighted by Gasteiger charge is -2.16. The van der Waals surface area contributed by atoms with Crippen LogP contribution in [0.5, 0.6) is 0 Å². The molecule has 0 fully saturated rings. The fraction of sp³-hybridized carbons (Fsp3) is 0.385. The number of amides is 1. The normalized spacial score (nSPS) is 10.5. The molecule has 0 saturated heterocycles. The largest absolute Gasteiger partial charge is 0.389 e. The lowest BCUT2D eigenvalue weighted by Crippen LogP contribution is -2.26. The number of nitrogens with two attached hydrogens (primary N) is 1. The van der Waals surface area contributed by atoms with Crippen molar-refractivity contribution < 1.29 is 9.18 Å². The van der Waals surface area contributed by atoms with Crippen LogP contribution in [0.15, 0.2) is 18.2 Å². The molecule has 0 aromatic heterocycles. The van der Waals surface area contributed by atoms with E-state index in [4.69, 9.17) is 18.0 Å². The van der Waals surface area contributed by atoms with Crippen LogP contribution in [0.4, 0.5) is 4.39 Å². The van der Waals surface area contributed by atoms with E-state index < -0.39 is 0 Å². The highest BCUT2D eigenvalue weighted by Gasteiger charge is 2.09. The fourth-order valence-electron chi connectivity index (χ4n) is 1.62. The van der Waals surface area contributed by atoms with Crippen LogP contribution in [0.25, 0.3) is 0 Å². The zero-order valence-corrected chi connectivity index (χ0v) is 11.9. The molecule has 0 radical (unpaired) electrons. The molecular weight excluding hydrogens is 265 g/mol. The Labute approximate surface area is 117 Å². The third kappa shape index (κ3) is 4.92. The van der Waals surface area contributed by atoms with Crippen LogP contribution in [0.2, 0.25) is 0 Å². The van der Waals surface area contributed by atoms with Gasteiger partial charge in [0, 0.05) is 37.7 Å². The molecule has 0 unspecified atom stereocenters. The van der Waals surface area contributed by atoms with E-state index in [9.17, 15) is 9.18 Å². The van der Waals surface area contributed by atoms with E-state index in [0.29, 0.717) is 30.6 Å². The number of carbonyl (C=O) groups excluding carboxylic acids is 1. The van der Waals surface area contributed by atoms with Gasteiger partial charge in [-0.15, -0.1) is 0 Å². The molecule has 0 spiro atoms. The van der Waals surface area contributed by atoms with Gasteiger partial charge in [-0.2, -0.15) is 0 Å². The van der Waals surface area contributed by atoms with Crippen molar-refractivity contribution in [3.8, 4) is 0 Å². The molecule has 0 saturated carbocycles. The van der Waals surface area contributed by atoms with E-state index >= 15 is 0 Å². The van der Waals surface area contributed by atoms with Crippen molar-refractivity contribution in [3.05, 3.63) is 35.1 Å². The van der Waals surface area contributed by atoms with Crippen LogP contribution in [0.1, 0.15) is 17.5 Å². The zero-order chi connectivity index (χ0) is 14.4. The summed E-state index contributed by atoms with van der Waals surface area (Å²) >= 11 is 4.79. The maximum atomic E-state index is 13.8. The Balaban J connectivity index is 2.62. The van der Waals surface area contributed by atoms with Gasteiger partial charge in [-0.3, -0.25) is 4.79 Å². The summed E-state index contributed by atoms with van der Waals surface area (Å²) in [5, 5.41) is 2.55. The lowest BCUT2D eigenvalue weighted by molar-refractivity contribution is -0.120. The Morgan fingerprint density at radius 2 is 2.21 bits per heavy atom. The number of nitrogens with zero attached hydrogens (tertiary/aromatic N) is 1. The van der Waals surface area contributed by atoms with Crippen LogP contribution in [-0.2, 0) is 11.3 Å². The fourth-order valence-corrected chi connectivity index (χ4v) is 1.74. The summed E-state index contributed by atoms with van der Waals surface area (Å²) in [6.07, 6.45) is 0.388. The number of halogens is 1. The Bertz CT molecular complexity index is 479. The highest BCUT2D eigenvalue weighted by molar-refractivity contribution is 7.80. The topological polar surface area (TPSA) is 58.4 Å². The molecule has 104 valence electrons. The average molecular weight is 283 g/mol. The molecule has 0 bridgehead atoms. The van der Waals surface area contributed by atoms with Gasteiger partial charge < -0.3 is 16.0 Å². The summed E-state index contributed by atoms with van der Waals surface area (Å²) < 4.78 is 13.8. The van der Waals surface area contributed by atoms with E-state index in [0.717, 1.165) is 0 Å². The smallest absolute Gasteiger partial charge is 0.221 e. The molecule has 3 N–H and O–H groups in total. The summed E-state index contributed by atoms with van der Waals surface area (Å²) in [6, 6.07) is 4.71. The number of thiocarbonyl (C=S) groups is 1. The molecule has 0 atom stereocenters. The minimum atomic E-state index is -0.336. The molecule has 19 heavy (non-hydrogen) atoms. The van der Waals surface area contributed by atoms with E-state index in [2.05, 4.69) is 5.32 Å². The van der Waals surface area contributed by atoms with Gasteiger partial charge >= 0.3 is 0 Å². The quantitative estimate of drug-likeness (QED) is 0.766. The van der Waals surface area contributed by atoms with Crippen molar-refractivity contribution in [1.82, 2.24) is 10.2 Å². The molecule has 1 amide bonds. The van der Waals surface area contributed by atoms with Crippen molar-refractivity contribution in [3.63, 3.8) is 0 Å². The molecule has 1 aromatic rings. The maximum absolute atomic E-state index is 13.8. The molecular formula is C13H18FN3OS. The molecule has 1 aromatic carbocycles. The van der Waals surface area contributed by atoms with Gasteiger partial charge in [-0.1, -0.05) is 24.4 Å². The molecule has 0 aliphatic rings. The summed E-state index contributed by atoms with van der Waals surface area (Å²) in [6.45, 7) is 0.997. The number of nitrogens with one attached hydrogen (secondary N) is 1. The van der Waals surface area contributed by atoms with Gasteiger partial charge in [-0.25, -0.2) is 4.39 Å². The first kappa shape index (κ1) is 15.5. The highest BCUT2D eigenvalue weighted by atomic mass is 32.1. The Morgan fingerprint density at radius 1 is 1.53 bits per heavy atom. The number of benzene rings is 1. The highest BCUT2D eigenvalue weighted by Crippen LogP contribution is 2.12. The van der Waals surface area contributed by atoms with Crippen LogP contribution in [-0.4, -0.2) is 36.4 Å². The molecule has 4 nitrogen and oxygen atoms in total. The van der Waals surface area contributed by atoms with E-state index in [-0.39, 0.29) is 16.7 Å². The first-order valence-corrected chi connectivity index (χ1v) is 6.32. The first-order chi connectivity index (χ1) is 8.93. The van der Waals surface area contributed by atoms with Crippen LogP contribution in [0, 0.1) is 5.82 Å². The Kier molecular flexibility index (Phi) is 5.85. The maximum Gasteiger partial charge on any atom is 0.221 e. The number of rotatable bonds is 6. The minimum absolute atomic E-state index is 0.0313. The molecule has 1 rings (SSSR count). The van der Waals surface area contributed by atoms with E-state index in [1.54, 1.807) is 19.2 Å².